The van der Waals surface area contributed by atoms with Crippen molar-refractivity contribution in [1.82, 2.24) is 0 Å². The molecule has 0 aliphatic carbocycles. The van der Waals surface area contributed by atoms with Gasteiger partial charge < -0.3 is 10.2 Å². The van der Waals surface area contributed by atoms with E-state index in [1.54, 1.807) is 12.1 Å². The van der Waals surface area contributed by atoms with Gasteiger partial charge in [0.05, 0.1) is 0 Å². The van der Waals surface area contributed by atoms with Crippen LogP contribution in [0.5, 0.6) is 11.5 Å². The van der Waals surface area contributed by atoms with Crippen molar-refractivity contribution >= 4 is 0 Å². The second-order valence-corrected chi connectivity index (χ2v) is 4.80. The molecule has 0 fully saturated rings. The molecule has 2 rings (SSSR count). The first-order valence-electron chi connectivity index (χ1n) is 6.75. The van der Waals surface area contributed by atoms with Crippen LogP contribution in [-0.4, -0.2) is 10.2 Å². The largest absolute Gasteiger partial charge is 0.508 e. The Morgan fingerprint density at radius 3 is 2.16 bits per heavy atom. The summed E-state index contributed by atoms with van der Waals surface area (Å²) in [4.78, 5) is 0. The van der Waals surface area contributed by atoms with Gasteiger partial charge in [-0.25, -0.2) is 0 Å². The summed E-state index contributed by atoms with van der Waals surface area (Å²) in [6.45, 7) is 4.14. The average molecular weight is 256 g/mol. The van der Waals surface area contributed by atoms with Crippen LogP contribution in [-0.2, 0) is 19.3 Å². The van der Waals surface area contributed by atoms with Crippen molar-refractivity contribution in [2.45, 2.75) is 33.1 Å². The first kappa shape index (κ1) is 13.5. The molecular weight excluding hydrogens is 236 g/mol. The van der Waals surface area contributed by atoms with Gasteiger partial charge in [0.1, 0.15) is 11.5 Å². The summed E-state index contributed by atoms with van der Waals surface area (Å²) in [7, 11) is 0. The van der Waals surface area contributed by atoms with Crippen molar-refractivity contribution in [3.05, 3.63) is 58.7 Å². The minimum atomic E-state index is 0.297. The Balaban J connectivity index is 2.31. The molecule has 0 saturated carbocycles. The maximum Gasteiger partial charge on any atom is 0.119 e. The van der Waals surface area contributed by atoms with E-state index in [1.807, 2.05) is 18.2 Å². The lowest BCUT2D eigenvalue weighted by Crippen LogP contribution is -1.95. The lowest BCUT2D eigenvalue weighted by atomic mass is 9.96. The van der Waals surface area contributed by atoms with E-state index >= 15 is 0 Å². The van der Waals surface area contributed by atoms with Crippen LogP contribution in [0.15, 0.2) is 36.4 Å². The number of aromatic hydroxyl groups is 2. The van der Waals surface area contributed by atoms with Crippen molar-refractivity contribution in [1.29, 1.82) is 0 Å². The molecule has 0 aliphatic heterocycles. The Bertz CT molecular complexity index is 573. The number of phenols is 2. The molecule has 2 aromatic carbocycles. The highest BCUT2D eigenvalue weighted by Crippen LogP contribution is 2.25. The molecule has 2 heteroatoms. The molecule has 19 heavy (non-hydrogen) atoms. The first-order valence-corrected chi connectivity index (χ1v) is 6.75. The molecule has 0 amide bonds. The SMILES string of the molecule is CCc1ccc(Cc2ccc(O)cc2CC)c(O)c1. The molecule has 0 aliphatic rings. The monoisotopic (exact) mass is 256 g/mol. The minimum absolute atomic E-state index is 0.297. The highest BCUT2D eigenvalue weighted by atomic mass is 16.3. The standard InChI is InChI=1S/C17H20O2/c1-3-12-5-6-15(17(19)9-12)10-14-7-8-16(18)11-13(14)4-2/h5-9,11,18-19H,3-4,10H2,1-2H3. The van der Waals surface area contributed by atoms with Gasteiger partial charge in [-0.1, -0.05) is 32.0 Å². The Morgan fingerprint density at radius 2 is 1.53 bits per heavy atom. The van der Waals surface area contributed by atoms with Crippen LogP contribution < -0.4 is 0 Å². The van der Waals surface area contributed by atoms with Gasteiger partial charge in [-0.2, -0.15) is 0 Å². The van der Waals surface area contributed by atoms with Gasteiger partial charge in [0, 0.05) is 6.42 Å². The Hall–Kier alpha value is -1.96. The van der Waals surface area contributed by atoms with E-state index in [4.69, 9.17) is 0 Å². The van der Waals surface area contributed by atoms with Crippen molar-refractivity contribution in [3.8, 4) is 11.5 Å². The molecule has 2 nitrogen and oxygen atoms in total. The third-order valence-corrected chi connectivity index (χ3v) is 3.51. The number of hydrogen-bond donors (Lipinski definition) is 2. The van der Waals surface area contributed by atoms with Crippen LogP contribution in [0.2, 0.25) is 0 Å². The Kier molecular flexibility index (Phi) is 4.10. The van der Waals surface area contributed by atoms with E-state index in [0.29, 0.717) is 17.9 Å². The van der Waals surface area contributed by atoms with E-state index in [0.717, 1.165) is 35.1 Å². The molecule has 100 valence electrons. The summed E-state index contributed by atoms with van der Waals surface area (Å²) >= 11 is 0. The summed E-state index contributed by atoms with van der Waals surface area (Å²) < 4.78 is 0. The predicted octanol–water partition coefficient (Wildman–Crippen LogP) is 3.81. The number of phenolic OH excluding ortho intramolecular Hbond substituents is 2. The molecule has 0 radical (unpaired) electrons. The van der Waals surface area contributed by atoms with E-state index in [1.165, 1.54) is 0 Å². The smallest absolute Gasteiger partial charge is 0.119 e. The molecule has 0 aromatic heterocycles. The number of aryl methyl sites for hydroxylation is 2. The van der Waals surface area contributed by atoms with Gasteiger partial charge in [-0.15, -0.1) is 0 Å². The maximum absolute atomic E-state index is 10.1. The van der Waals surface area contributed by atoms with Crippen LogP contribution >= 0.6 is 0 Å². The number of rotatable bonds is 4. The molecule has 0 bridgehead atoms. The Labute approximate surface area is 114 Å². The van der Waals surface area contributed by atoms with E-state index in [9.17, 15) is 10.2 Å². The second-order valence-electron chi connectivity index (χ2n) is 4.80. The van der Waals surface area contributed by atoms with Crippen molar-refractivity contribution in [2.24, 2.45) is 0 Å². The molecule has 2 N–H and O–H groups in total. The molecule has 0 heterocycles. The van der Waals surface area contributed by atoms with Crippen LogP contribution in [0.25, 0.3) is 0 Å². The zero-order valence-electron chi connectivity index (χ0n) is 11.5. The van der Waals surface area contributed by atoms with Gasteiger partial charge in [0.2, 0.25) is 0 Å². The van der Waals surface area contributed by atoms with Gasteiger partial charge in [0.25, 0.3) is 0 Å². The molecular formula is C17H20O2. The summed E-state index contributed by atoms with van der Waals surface area (Å²) in [5, 5.41) is 19.6. The van der Waals surface area contributed by atoms with E-state index in [2.05, 4.69) is 19.9 Å². The summed E-state index contributed by atoms with van der Waals surface area (Å²) in [5.41, 5.74) is 4.35. The third-order valence-electron chi connectivity index (χ3n) is 3.51. The van der Waals surface area contributed by atoms with Crippen LogP contribution in [0.3, 0.4) is 0 Å². The lowest BCUT2D eigenvalue weighted by Gasteiger charge is -2.11. The van der Waals surface area contributed by atoms with Gasteiger partial charge in [-0.05, 0) is 53.3 Å². The quantitative estimate of drug-likeness (QED) is 0.873. The fourth-order valence-corrected chi connectivity index (χ4v) is 2.30. The maximum atomic E-state index is 10.1. The molecule has 0 atom stereocenters. The molecule has 0 unspecified atom stereocenters. The van der Waals surface area contributed by atoms with Gasteiger partial charge >= 0.3 is 0 Å². The Morgan fingerprint density at radius 1 is 0.789 bits per heavy atom. The molecule has 0 saturated heterocycles. The zero-order chi connectivity index (χ0) is 13.8. The highest BCUT2D eigenvalue weighted by Gasteiger charge is 2.07. The minimum Gasteiger partial charge on any atom is -0.508 e. The van der Waals surface area contributed by atoms with Gasteiger partial charge in [-0.3, -0.25) is 0 Å². The summed E-state index contributed by atoms with van der Waals surface area (Å²) in [5.74, 6) is 0.653. The topological polar surface area (TPSA) is 40.5 Å². The van der Waals surface area contributed by atoms with E-state index < -0.39 is 0 Å². The normalized spacial score (nSPS) is 10.6. The third kappa shape index (κ3) is 3.08. The summed E-state index contributed by atoms with van der Waals surface area (Å²) in [6, 6.07) is 11.3. The zero-order valence-corrected chi connectivity index (χ0v) is 11.5. The fourth-order valence-electron chi connectivity index (χ4n) is 2.30. The van der Waals surface area contributed by atoms with Crippen LogP contribution in [0.1, 0.15) is 36.1 Å². The van der Waals surface area contributed by atoms with Crippen LogP contribution in [0, 0.1) is 0 Å². The van der Waals surface area contributed by atoms with Gasteiger partial charge in [0.15, 0.2) is 0 Å². The fraction of sp³-hybridized carbons (Fsp3) is 0.294. The van der Waals surface area contributed by atoms with Crippen LogP contribution in [0.4, 0.5) is 0 Å². The number of hydrogen-bond acceptors (Lipinski definition) is 2. The van der Waals surface area contributed by atoms with Crippen molar-refractivity contribution < 1.29 is 10.2 Å². The highest BCUT2D eigenvalue weighted by molar-refractivity contribution is 5.43. The number of benzene rings is 2. The van der Waals surface area contributed by atoms with E-state index in [-0.39, 0.29) is 0 Å². The molecule has 0 spiro atoms. The van der Waals surface area contributed by atoms with Crippen molar-refractivity contribution in [2.75, 3.05) is 0 Å². The summed E-state index contributed by atoms with van der Waals surface area (Å²) in [6.07, 6.45) is 2.49. The first-order chi connectivity index (χ1) is 9.13. The second kappa shape index (κ2) is 5.79. The van der Waals surface area contributed by atoms with Crippen molar-refractivity contribution in [3.63, 3.8) is 0 Å². The molecule has 2 aromatic rings. The average Bonchev–Trinajstić information content (AvgIpc) is 2.42. The lowest BCUT2D eigenvalue weighted by molar-refractivity contribution is 0.468. The predicted molar refractivity (Wildman–Crippen MR) is 77.8 cm³/mol.